The highest BCUT2D eigenvalue weighted by atomic mass is 16.6. The van der Waals surface area contributed by atoms with Gasteiger partial charge in [0.05, 0.1) is 18.9 Å². The molecule has 186 valence electrons. The van der Waals surface area contributed by atoms with Crippen LogP contribution in [0.4, 0.5) is 10.5 Å². The van der Waals surface area contributed by atoms with Crippen LogP contribution in [0.3, 0.4) is 0 Å². The third kappa shape index (κ3) is 5.15. The number of nitrogens with one attached hydrogen (secondary N) is 1. The number of fused-ring (bicyclic) bond motifs is 1. The van der Waals surface area contributed by atoms with Crippen LogP contribution in [0, 0.1) is 6.92 Å². The number of hydrogen-bond donors (Lipinski definition) is 3. The van der Waals surface area contributed by atoms with Crippen molar-refractivity contribution in [3.63, 3.8) is 0 Å². The van der Waals surface area contributed by atoms with Gasteiger partial charge < -0.3 is 25.0 Å². The fourth-order valence-corrected chi connectivity index (χ4v) is 4.54. The molecule has 1 aliphatic rings. The lowest BCUT2D eigenvalue weighted by Crippen LogP contribution is -2.49. The van der Waals surface area contributed by atoms with Gasteiger partial charge in [-0.25, -0.2) is 4.79 Å². The zero-order valence-electron chi connectivity index (χ0n) is 21.1. The van der Waals surface area contributed by atoms with E-state index < -0.39 is 11.7 Å². The summed E-state index contributed by atoms with van der Waals surface area (Å²) in [5.74, 6) is 0.868. The Kier molecular flexibility index (Phi) is 7.78. The zero-order valence-corrected chi connectivity index (χ0v) is 21.1. The first-order chi connectivity index (χ1) is 16.1. The average molecular weight is 471 g/mol. The molecule has 0 fully saturated rings. The van der Waals surface area contributed by atoms with Gasteiger partial charge in [-0.2, -0.15) is 0 Å². The molecule has 0 spiro atoms. The van der Waals surface area contributed by atoms with Crippen molar-refractivity contribution in [3.8, 4) is 11.5 Å². The zero-order chi connectivity index (χ0) is 25.1. The number of nitrogens with zero attached hydrogens (tertiary/aromatic N) is 1. The number of hydrogen-bond acceptors (Lipinski definition) is 6. The molecule has 1 amide bonds. The fourth-order valence-electron chi connectivity index (χ4n) is 4.54. The minimum Gasteiger partial charge on any atom is -0.508 e. The number of benzene rings is 2. The molecule has 1 unspecified atom stereocenters. The number of cyclic esters (lactones) is 1. The number of carbonyl (C=O) groups is 1. The molecule has 0 aliphatic carbocycles. The van der Waals surface area contributed by atoms with Crippen LogP contribution in [0.1, 0.15) is 69.8 Å². The molecular weight excluding hydrogens is 432 g/mol. The molecule has 7 heteroatoms. The van der Waals surface area contributed by atoms with Crippen molar-refractivity contribution in [3.05, 3.63) is 53.1 Å². The summed E-state index contributed by atoms with van der Waals surface area (Å²) >= 11 is 0. The lowest BCUT2D eigenvalue weighted by atomic mass is 9.85. The van der Waals surface area contributed by atoms with Crippen LogP contribution in [0.25, 0.3) is 0 Å². The molecule has 2 aromatic rings. The monoisotopic (exact) mass is 470 g/mol. The second kappa shape index (κ2) is 10.2. The Morgan fingerprint density at radius 2 is 1.91 bits per heavy atom. The quantitative estimate of drug-likeness (QED) is 0.444. The van der Waals surface area contributed by atoms with E-state index in [-0.39, 0.29) is 17.4 Å². The van der Waals surface area contributed by atoms with E-state index in [1.807, 2.05) is 45.9 Å². The number of ether oxygens (including phenoxy) is 2. The molecule has 0 radical (unpaired) electrons. The lowest BCUT2D eigenvalue weighted by molar-refractivity contribution is -0.00164. The van der Waals surface area contributed by atoms with Crippen molar-refractivity contribution in [2.75, 3.05) is 25.1 Å². The van der Waals surface area contributed by atoms with Gasteiger partial charge in [0.25, 0.3) is 0 Å². The molecule has 1 heterocycles. The summed E-state index contributed by atoms with van der Waals surface area (Å²) in [5, 5.41) is 23.8. The molecular formula is C27H38N2O5. The highest BCUT2D eigenvalue weighted by Crippen LogP contribution is 2.47. The molecule has 3 rings (SSSR count). The molecule has 0 saturated heterocycles. The van der Waals surface area contributed by atoms with E-state index in [1.165, 1.54) is 0 Å². The number of carbonyl (C=O) groups excluding carboxylic acids is 1. The van der Waals surface area contributed by atoms with E-state index in [4.69, 9.17) is 9.47 Å². The Bertz CT molecular complexity index is 1020. The summed E-state index contributed by atoms with van der Waals surface area (Å²) in [4.78, 5) is 14.8. The summed E-state index contributed by atoms with van der Waals surface area (Å²) < 4.78 is 11.6. The van der Waals surface area contributed by atoms with E-state index in [0.29, 0.717) is 38.1 Å². The number of aromatic hydroxyl groups is 1. The minimum absolute atomic E-state index is 0.212. The maximum Gasteiger partial charge on any atom is 0.415 e. The van der Waals surface area contributed by atoms with Crippen molar-refractivity contribution in [2.24, 2.45) is 0 Å². The number of β-amino-alcohol motifs (C(OH)–C–C–N with tert-alkyl or cyclic N) is 1. The smallest absolute Gasteiger partial charge is 0.415 e. The number of para-hydroxylation sites is 1. The number of amides is 1. The molecule has 0 aromatic heterocycles. The van der Waals surface area contributed by atoms with E-state index in [9.17, 15) is 15.0 Å². The molecule has 0 bridgehead atoms. The Balaban J connectivity index is 1.74. The van der Waals surface area contributed by atoms with Gasteiger partial charge in [-0.3, -0.25) is 4.90 Å². The van der Waals surface area contributed by atoms with Crippen LogP contribution in [-0.4, -0.2) is 42.0 Å². The summed E-state index contributed by atoms with van der Waals surface area (Å²) in [7, 11) is 1.62. The number of aliphatic hydroxyl groups is 1. The second-order valence-corrected chi connectivity index (χ2v) is 9.65. The Morgan fingerprint density at radius 3 is 2.53 bits per heavy atom. The number of aryl methyl sites for hydroxylation is 1. The lowest BCUT2D eigenvalue weighted by Gasteiger charge is -2.43. The molecule has 0 saturated carbocycles. The van der Waals surface area contributed by atoms with Crippen LogP contribution in [0.5, 0.6) is 11.5 Å². The Hall–Kier alpha value is -2.77. The third-order valence-electron chi connectivity index (χ3n) is 6.96. The van der Waals surface area contributed by atoms with Gasteiger partial charge in [0.1, 0.15) is 17.1 Å². The van der Waals surface area contributed by atoms with Gasteiger partial charge in [0, 0.05) is 24.2 Å². The number of rotatable bonds is 10. The molecule has 3 N–H and O–H groups in total. The van der Waals surface area contributed by atoms with Crippen LogP contribution in [0.15, 0.2) is 36.4 Å². The topological polar surface area (TPSA) is 91.3 Å². The number of aliphatic hydroxyl groups excluding tert-OH is 1. The summed E-state index contributed by atoms with van der Waals surface area (Å²) in [6, 6.07) is 10.9. The van der Waals surface area contributed by atoms with Crippen molar-refractivity contribution >= 4 is 11.8 Å². The summed E-state index contributed by atoms with van der Waals surface area (Å²) in [5.41, 5.74) is 2.20. The van der Waals surface area contributed by atoms with Crippen LogP contribution in [-0.2, 0) is 10.3 Å². The summed E-state index contributed by atoms with van der Waals surface area (Å²) in [6.45, 7) is 10.7. The largest absolute Gasteiger partial charge is 0.508 e. The molecule has 34 heavy (non-hydrogen) atoms. The fraction of sp³-hybridized carbons (Fsp3) is 0.519. The Labute approximate surface area is 202 Å². The van der Waals surface area contributed by atoms with Crippen LogP contribution < -0.4 is 15.0 Å². The number of phenols is 1. The highest BCUT2D eigenvalue weighted by Gasteiger charge is 2.44. The van der Waals surface area contributed by atoms with Gasteiger partial charge in [-0.05, 0) is 69.4 Å². The molecule has 7 nitrogen and oxygen atoms in total. The summed E-state index contributed by atoms with van der Waals surface area (Å²) in [6.07, 6.45) is 0.923. The standard InChI is InChI=1S/C27H38N2O5/c1-7-27(8-2)20-10-9-11-23(33-6)24(20)29(25(32)34-27)15-14-26(4,5)28-17-22(31)19-12-13-21(30)18(3)16-19/h9-13,16,22,28,30-31H,7-8,14-15,17H2,1-6H3. The van der Waals surface area contributed by atoms with Crippen LogP contribution in [0.2, 0.25) is 0 Å². The van der Waals surface area contributed by atoms with E-state index in [1.54, 1.807) is 37.1 Å². The molecule has 1 atom stereocenters. The van der Waals surface area contributed by atoms with Gasteiger partial charge in [-0.1, -0.05) is 32.0 Å². The van der Waals surface area contributed by atoms with Crippen LogP contribution >= 0.6 is 0 Å². The average Bonchev–Trinajstić information content (AvgIpc) is 2.82. The SMILES string of the molecule is CCC1(CC)OC(=O)N(CCC(C)(C)NCC(O)c2ccc(O)c(C)c2)c2c(OC)cccc21. The first-order valence-corrected chi connectivity index (χ1v) is 12.0. The van der Waals surface area contributed by atoms with E-state index in [2.05, 4.69) is 5.32 Å². The first-order valence-electron chi connectivity index (χ1n) is 12.0. The maximum atomic E-state index is 13.2. The van der Waals surface area contributed by atoms with Gasteiger partial charge in [-0.15, -0.1) is 0 Å². The number of anilines is 1. The highest BCUT2D eigenvalue weighted by molar-refractivity contribution is 5.93. The normalized spacial score (nSPS) is 16.1. The number of phenolic OH excluding ortho intramolecular Hbond substituents is 1. The Morgan fingerprint density at radius 1 is 1.21 bits per heavy atom. The predicted octanol–water partition coefficient (Wildman–Crippen LogP) is 5.17. The third-order valence-corrected chi connectivity index (χ3v) is 6.96. The first kappa shape index (κ1) is 25.8. The van der Waals surface area contributed by atoms with E-state index >= 15 is 0 Å². The van der Waals surface area contributed by atoms with Gasteiger partial charge in [0.2, 0.25) is 0 Å². The number of methoxy groups -OCH3 is 1. The van der Waals surface area contributed by atoms with Crippen molar-refractivity contribution in [1.29, 1.82) is 0 Å². The van der Waals surface area contributed by atoms with Gasteiger partial charge >= 0.3 is 6.09 Å². The predicted molar refractivity (Wildman–Crippen MR) is 134 cm³/mol. The minimum atomic E-state index is -0.714. The molecule has 1 aliphatic heterocycles. The second-order valence-electron chi connectivity index (χ2n) is 9.65. The van der Waals surface area contributed by atoms with Crippen molar-refractivity contribution < 1.29 is 24.5 Å². The maximum absolute atomic E-state index is 13.2. The van der Waals surface area contributed by atoms with Crippen molar-refractivity contribution in [2.45, 2.75) is 71.1 Å². The van der Waals surface area contributed by atoms with Crippen molar-refractivity contribution in [1.82, 2.24) is 5.32 Å². The van der Waals surface area contributed by atoms with Gasteiger partial charge in [0.15, 0.2) is 0 Å². The molecule has 2 aromatic carbocycles. The van der Waals surface area contributed by atoms with E-state index in [0.717, 1.165) is 22.4 Å².